The van der Waals surface area contributed by atoms with Gasteiger partial charge in [-0.05, 0) is 27.4 Å². The summed E-state index contributed by atoms with van der Waals surface area (Å²) in [5.74, 6) is -0.131. The molecule has 0 fully saturated rings. The number of nitrogens with zero attached hydrogens (tertiary/aromatic N) is 1. The van der Waals surface area contributed by atoms with Crippen LogP contribution in [0.2, 0.25) is 0 Å². The summed E-state index contributed by atoms with van der Waals surface area (Å²) in [6.07, 6.45) is 2.01. The van der Waals surface area contributed by atoms with Gasteiger partial charge in [-0.15, -0.1) is 0 Å². The van der Waals surface area contributed by atoms with Crippen molar-refractivity contribution in [1.82, 2.24) is 4.90 Å². The molecule has 0 saturated carbocycles. The minimum absolute atomic E-state index is 0.131. The van der Waals surface area contributed by atoms with Gasteiger partial charge in [-0.3, -0.25) is 9.69 Å². The first-order valence-corrected chi connectivity index (χ1v) is 4.42. The van der Waals surface area contributed by atoms with Crippen molar-refractivity contribution in [2.45, 2.75) is 32.7 Å². The molecule has 0 aromatic carbocycles. The Morgan fingerprint density at radius 3 is 2.50 bits per heavy atom. The van der Waals surface area contributed by atoms with Crippen molar-refractivity contribution in [3.8, 4) is 0 Å². The minimum Gasteiger partial charge on any atom is -0.465 e. The SMILES string of the molecule is CCCCOC(=O)C(C)N(C)C. The molecule has 0 bridgehead atoms. The summed E-state index contributed by atoms with van der Waals surface area (Å²) in [6, 6.07) is -0.137. The summed E-state index contributed by atoms with van der Waals surface area (Å²) < 4.78 is 5.02. The highest BCUT2D eigenvalue weighted by Crippen LogP contribution is 1.96. The lowest BCUT2D eigenvalue weighted by atomic mass is 10.3. The van der Waals surface area contributed by atoms with Crippen LogP contribution in [0, 0.1) is 0 Å². The van der Waals surface area contributed by atoms with E-state index in [0.717, 1.165) is 12.8 Å². The quantitative estimate of drug-likeness (QED) is 0.463. The highest BCUT2D eigenvalue weighted by molar-refractivity contribution is 5.75. The average molecular weight is 173 g/mol. The molecule has 0 aliphatic rings. The molecule has 0 spiro atoms. The molecule has 0 rings (SSSR count). The standard InChI is InChI=1S/C9H19NO2/c1-5-6-7-12-9(11)8(2)10(3)4/h8H,5-7H2,1-4H3. The third-order valence-corrected chi connectivity index (χ3v) is 1.86. The van der Waals surface area contributed by atoms with Crippen LogP contribution in [0.4, 0.5) is 0 Å². The Balaban J connectivity index is 3.57. The Morgan fingerprint density at radius 1 is 1.50 bits per heavy atom. The number of ether oxygens (including phenoxy) is 1. The van der Waals surface area contributed by atoms with Crippen LogP contribution in [-0.2, 0) is 9.53 Å². The van der Waals surface area contributed by atoms with Gasteiger partial charge in [0.05, 0.1) is 6.61 Å². The van der Waals surface area contributed by atoms with Crippen LogP contribution in [0.1, 0.15) is 26.7 Å². The molecular weight excluding hydrogens is 154 g/mol. The molecule has 0 radical (unpaired) electrons. The van der Waals surface area contributed by atoms with Gasteiger partial charge in [-0.1, -0.05) is 13.3 Å². The van der Waals surface area contributed by atoms with Crippen LogP contribution in [0.5, 0.6) is 0 Å². The fraction of sp³-hybridized carbons (Fsp3) is 0.889. The van der Waals surface area contributed by atoms with Crippen LogP contribution in [0.15, 0.2) is 0 Å². The van der Waals surface area contributed by atoms with E-state index in [-0.39, 0.29) is 12.0 Å². The molecule has 3 heteroatoms. The van der Waals surface area contributed by atoms with Crippen molar-refractivity contribution in [3.63, 3.8) is 0 Å². The van der Waals surface area contributed by atoms with E-state index in [1.807, 2.05) is 25.9 Å². The Morgan fingerprint density at radius 2 is 2.08 bits per heavy atom. The van der Waals surface area contributed by atoms with Gasteiger partial charge in [0, 0.05) is 0 Å². The second-order valence-electron chi connectivity index (χ2n) is 3.16. The number of likely N-dealkylation sites (N-methyl/N-ethyl adjacent to an activating group) is 1. The van der Waals surface area contributed by atoms with Gasteiger partial charge in [0.1, 0.15) is 6.04 Å². The number of carbonyl (C=O) groups is 1. The normalized spacial score (nSPS) is 13.1. The zero-order valence-corrected chi connectivity index (χ0v) is 8.46. The number of carbonyl (C=O) groups excluding carboxylic acids is 1. The molecule has 3 nitrogen and oxygen atoms in total. The van der Waals surface area contributed by atoms with Crippen molar-refractivity contribution < 1.29 is 9.53 Å². The van der Waals surface area contributed by atoms with Crippen molar-refractivity contribution >= 4 is 5.97 Å². The molecule has 0 aliphatic carbocycles. The number of hydrogen-bond acceptors (Lipinski definition) is 3. The van der Waals surface area contributed by atoms with Crippen molar-refractivity contribution in [1.29, 1.82) is 0 Å². The second-order valence-corrected chi connectivity index (χ2v) is 3.16. The summed E-state index contributed by atoms with van der Waals surface area (Å²) in [5, 5.41) is 0. The largest absolute Gasteiger partial charge is 0.465 e. The smallest absolute Gasteiger partial charge is 0.323 e. The third kappa shape index (κ3) is 4.34. The highest BCUT2D eigenvalue weighted by atomic mass is 16.5. The summed E-state index contributed by atoms with van der Waals surface area (Å²) in [7, 11) is 3.73. The maximum Gasteiger partial charge on any atom is 0.323 e. The lowest BCUT2D eigenvalue weighted by Crippen LogP contribution is -2.34. The zero-order chi connectivity index (χ0) is 9.56. The van der Waals surface area contributed by atoms with E-state index in [9.17, 15) is 4.79 Å². The van der Waals surface area contributed by atoms with Gasteiger partial charge in [0.15, 0.2) is 0 Å². The van der Waals surface area contributed by atoms with E-state index in [0.29, 0.717) is 6.61 Å². The lowest BCUT2D eigenvalue weighted by Gasteiger charge is -2.17. The molecular formula is C9H19NO2. The Labute approximate surface area is 74.7 Å². The molecule has 0 heterocycles. The van der Waals surface area contributed by atoms with Crippen LogP contribution in [0.3, 0.4) is 0 Å². The molecule has 0 N–H and O–H groups in total. The van der Waals surface area contributed by atoms with E-state index >= 15 is 0 Å². The van der Waals surface area contributed by atoms with Crippen LogP contribution in [-0.4, -0.2) is 37.6 Å². The van der Waals surface area contributed by atoms with E-state index in [1.165, 1.54) is 0 Å². The second kappa shape index (κ2) is 6.00. The predicted octanol–water partition coefficient (Wildman–Crippen LogP) is 1.28. The first-order chi connectivity index (χ1) is 5.59. The topological polar surface area (TPSA) is 29.5 Å². The fourth-order valence-corrected chi connectivity index (χ4v) is 0.649. The number of hydrogen-bond donors (Lipinski definition) is 0. The molecule has 1 unspecified atom stereocenters. The van der Waals surface area contributed by atoms with Gasteiger partial charge < -0.3 is 4.74 Å². The number of rotatable bonds is 5. The summed E-state index contributed by atoms with van der Waals surface area (Å²) in [4.78, 5) is 13.0. The van der Waals surface area contributed by atoms with Crippen LogP contribution < -0.4 is 0 Å². The molecule has 0 aromatic rings. The van der Waals surface area contributed by atoms with Gasteiger partial charge in [0.2, 0.25) is 0 Å². The minimum atomic E-state index is -0.137. The van der Waals surface area contributed by atoms with Crippen molar-refractivity contribution in [2.75, 3.05) is 20.7 Å². The molecule has 0 aromatic heterocycles. The van der Waals surface area contributed by atoms with Gasteiger partial charge in [-0.25, -0.2) is 0 Å². The highest BCUT2D eigenvalue weighted by Gasteiger charge is 2.15. The van der Waals surface area contributed by atoms with Crippen LogP contribution >= 0.6 is 0 Å². The number of esters is 1. The monoisotopic (exact) mass is 173 g/mol. The first-order valence-electron chi connectivity index (χ1n) is 4.42. The van der Waals surface area contributed by atoms with E-state index in [1.54, 1.807) is 0 Å². The zero-order valence-electron chi connectivity index (χ0n) is 8.46. The van der Waals surface area contributed by atoms with Crippen molar-refractivity contribution in [2.24, 2.45) is 0 Å². The first kappa shape index (κ1) is 11.4. The van der Waals surface area contributed by atoms with E-state index in [2.05, 4.69) is 6.92 Å². The molecule has 0 saturated heterocycles. The molecule has 0 amide bonds. The van der Waals surface area contributed by atoms with E-state index < -0.39 is 0 Å². The molecule has 12 heavy (non-hydrogen) atoms. The van der Waals surface area contributed by atoms with E-state index in [4.69, 9.17) is 4.74 Å². The summed E-state index contributed by atoms with van der Waals surface area (Å²) >= 11 is 0. The lowest BCUT2D eigenvalue weighted by molar-refractivity contribution is -0.148. The summed E-state index contributed by atoms with van der Waals surface area (Å²) in [6.45, 7) is 4.46. The Kier molecular flexibility index (Phi) is 5.72. The number of unbranched alkanes of at least 4 members (excludes halogenated alkanes) is 1. The van der Waals surface area contributed by atoms with Gasteiger partial charge >= 0.3 is 5.97 Å². The summed E-state index contributed by atoms with van der Waals surface area (Å²) in [5.41, 5.74) is 0. The maximum absolute atomic E-state index is 11.2. The molecule has 72 valence electrons. The molecule has 0 aliphatic heterocycles. The Hall–Kier alpha value is -0.570. The van der Waals surface area contributed by atoms with Gasteiger partial charge in [-0.2, -0.15) is 0 Å². The van der Waals surface area contributed by atoms with Gasteiger partial charge in [0.25, 0.3) is 0 Å². The fourth-order valence-electron chi connectivity index (χ4n) is 0.649. The predicted molar refractivity (Wildman–Crippen MR) is 49.0 cm³/mol. The molecule has 1 atom stereocenters. The van der Waals surface area contributed by atoms with Crippen molar-refractivity contribution in [3.05, 3.63) is 0 Å². The maximum atomic E-state index is 11.2. The Bertz CT molecular complexity index is 134. The average Bonchev–Trinajstić information content (AvgIpc) is 2.03. The van der Waals surface area contributed by atoms with Crippen LogP contribution in [0.25, 0.3) is 0 Å². The third-order valence-electron chi connectivity index (χ3n) is 1.86.